The molecule has 0 amide bonds. The number of sulfonamides is 1. The van der Waals surface area contributed by atoms with Crippen LogP contribution in [0.25, 0.3) is 0 Å². The van der Waals surface area contributed by atoms with Gasteiger partial charge in [-0.05, 0) is 25.0 Å². The molecule has 0 bridgehead atoms. The Labute approximate surface area is 85.0 Å². The summed E-state index contributed by atoms with van der Waals surface area (Å²) >= 11 is 0. The van der Waals surface area contributed by atoms with E-state index in [0.717, 1.165) is 24.0 Å². The third kappa shape index (κ3) is 2.56. The highest BCUT2D eigenvalue weighted by atomic mass is 32.2. The molecule has 0 aromatic heterocycles. The van der Waals surface area contributed by atoms with Gasteiger partial charge >= 0.3 is 0 Å². The van der Waals surface area contributed by atoms with Crippen LogP contribution in [0, 0.1) is 6.92 Å². The van der Waals surface area contributed by atoms with Crippen molar-refractivity contribution in [2.45, 2.75) is 31.6 Å². The Balaban J connectivity index is 3.29. The SMILES string of the molecule is CCCc1cc(C)ccc1S(N)(=O)=O. The molecule has 0 saturated carbocycles. The maximum atomic E-state index is 11.2. The molecule has 0 saturated heterocycles. The number of nitrogens with two attached hydrogens (primary N) is 1. The summed E-state index contributed by atoms with van der Waals surface area (Å²) in [5.74, 6) is 0. The van der Waals surface area contributed by atoms with Gasteiger partial charge in [-0.1, -0.05) is 31.0 Å². The number of hydrogen-bond donors (Lipinski definition) is 1. The summed E-state index contributed by atoms with van der Waals surface area (Å²) in [5.41, 5.74) is 1.87. The third-order valence-electron chi connectivity index (χ3n) is 2.04. The first-order chi connectivity index (χ1) is 6.45. The van der Waals surface area contributed by atoms with Crippen molar-refractivity contribution in [3.05, 3.63) is 29.3 Å². The van der Waals surface area contributed by atoms with Crippen LogP contribution < -0.4 is 5.14 Å². The maximum Gasteiger partial charge on any atom is 0.238 e. The van der Waals surface area contributed by atoms with Crippen LogP contribution in [-0.2, 0) is 16.4 Å². The fraction of sp³-hybridized carbons (Fsp3) is 0.400. The molecule has 0 aliphatic heterocycles. The monoisotopic (exact) mass is 213 g/mol. The Kier molecular flexibility index (Phi) is 3.29. The molecule has 0 radical (unpaired) electrons. The maximum absolute atomic E-state index is 11.2. The molecule has 78 valence electrons. The zero-order chi connectivity index (χ0) is 10.8. The minimum Gasteiger partial charge on any atom is -0.225 e. The molecule has 0 fully saturated rings. The molecule has 0 aliphatic rings. The largest absolute Gasteiger partial charge is 0.238 e. The predicted molar refractivity (Wildman–Crippen MR) is 56.5 cm³/mol. The quantitative estimate of drug-likeness (QED) is 0.829. The average Bonchev–Trinajstić information content (AvgIpc) is 2.02. The van der Waals surface area contributed by atoms with E-state index >= 15 is 0 Å². The molecule has 0 atom stereocenters. The van der Waals surface area contributed by atoms with E-state index < -0.39 is 10.0 Å². The van der Waals surface area contributed by atoms with E-state index in [-0.39, 0.29) is 4.90 Å². The molecular formula is C10H15NO2S. The average molecular weight is 213 g/mol. The Hall–Kier alpha value is -0.870. The Bertz CT molecular complexity index is 424. The van der Waals surface area contributed by atoms with E-state index in [1.807, 2.05) is 19.9 Å². The number of benzene rings is 1. The van der Waals surface area contributed by atoms with Crippen molar-refractivity contribution in [3.63, 3.8) is 0 Å². The number of primary sulfonamides is 1. The molecule has 0 aliphatic carbocycles. The summed E-state index contributed by atoms with van der Waals surface area (Å²) in [6, 6.07) is 5.22. The van der Waals surface area contributed by atoms with Crippen molar-refractivity contribution in [1.29, 1.82) is 0 Å². The van der Waals surface area contributed by atoms with Crippen LogP contribution in [0.15, 0.2) is 23.1 Å². The topological polar surface area (TPSA) is 60.2 Å². The molecular weight excluding hydrogens is 198 g/mol. The normalized spacial score (nSPS) is 11.6. The fourth-order valence-electron chi connectivity index (χ4n) is 1.45. The van der Waals surface area contributed by atoms with Gasteiger partial charge < -0.3 is 0 Å². The molecule has 0 spiro atoms. The van der Waals surface area contributed by atoms with Crippen molar-refractivity contribution >= 4 is 10.0 Å². The summed E-state index contributed by atoms with van der Waals surface area (Å²) in [4.78, 5) is 0.255. The van der Waals surface area contributed by atoms with Crippen molar-refractivity contribution in [3.8, 4) is 0 Å². The van der Waals surface area contributed by atoms with Crippen LogP contribution in [0.3, 0.4) is 0 Å². The second-order valence-corrected chi connectivity index (χ2v) is 4.94. The zero-order valence-corrected chi connectivity index (χ0v) is 9.26. The van der Waals surface area contributed by atoms with Crippen LogP contribution in [0.5, 0.6) is 0 Å². The minimum atomic E-state index is -3.57. The number of hydrogen-bond acceptors (Lipinski definition) is 2. The lowest BCUT2D eigenvalue weighted by Crippen LogP contribution is -2.14. The van der Waals surface area contributed by atoms with Crippen molar-refractivity contribution in [2.75, 3.05) is 0 Å². The first kappa shape index (κ1) is 11.2. The van der Waals surface area contributed by atoms with Gasteiger partial charge in [-0.15, -0.1) is 0 Å². The Morgan fingerprint density at radius 3 is 2.50 bits per heavy atom. The van der Waals surface area contributed by atoms with E-state index in [4.69, 9.17) is 5.14 Å². The Morgan fingerprint density at radius 1 is 1.36 bits per heavy atom. The van der Waals surface area contributed by atoms with Crippen molar-refractivity contribution in [2.24, 2.45) is 5.14 Å². The summed E-state index contributed by atoms with van der Waals surface area (Å²) in [6.45, 7) is 3.95. The molecule has 1 aromatic carbocycles. The van der Waals surface area contributed by atoms with Gasteiger partial charge in [0.05, 0.1) is 4.90 Å². The summed E-state index contributed by atoms with van der Waals surface area (Å²) in [5, 5.41) is 5.11. The lowest BCUT2D eigenvalue weighted by molar-refractivity contribution is 0.596. The van der Waals surface area contributed by atoms with Crippen molar-refractivity contribution in [1.82, 2.24) is 0 Å². The van der Waals surface area contributed by atoms with E-state index in [1.54, 1.807) is 12.1 Å². The van der Waals surface area contributed by atoms with Gasteiger partial charge in [0.25, 0.3) is 0 Å². The lowest BCUT2D eigenvalue weighted by atomic mass is 10.1. The molecule has 1 aromatic rings. The van der Waals surface area contributed by atoms with Gasteiger partial charge in [-0.2, -0.15) is 0 Å². The summed E-state index contributed by atoms with van der Waals surface area (Å²) in [6.07, 6.45) is 1.65. The Morgan fingerprint density at radius 2 is 2.00 bits per heavy atom. The highest BCUT2D eigenvalue weighted by Crippen LogP contribution is 2.17. The first-order valence-corrected chi connectivity index (χ1v) is 6.12. The number of rotatable bonds is 3. The van der Waals surface area contributed by atoms with Gasteiger partial charge in [-0.25, -0.2) is 13.6 Å². The van der Waals surface area contributed by atoms with Crippen LogP contribution >= 0.6 is 0 Å². The third-order valence-corrected chi connectivity index (χ3v) is 3.05. The van der Waals surface area contributed by atoms with Crippen LogP contribution in [0.4, 0.5) is 0 Å². The summed E-state index contributed by atoms with van der Waals surface area (Å²) in [7, 11) is -3.57. The fourth-order valence-corrected chi connectivity index (χ4v) is 2.23. The highest BCUT2D eigenvalue weighted by molar-refractivity contribution is 7.89. The number of aryl methyl sites for hydroxylation is 2. The van der Waals surface area contributed by atoms with Crippen LogP contribution in [-0.4, -0.2) is 8.42 Å². The van der Waals surface area contributed by atoms with Gasteiger partial charge in [-0.3, -0.25) is 0 Å². The second kappa shape index (κ2) is 4.11. The van der Waals surface area contributed by atoms with E-state index in [0.29, 0.717) is 0 Å². The molecule has 3 nitrogen and oxygen atoms in total. The van der Waals surface area contributed by atoms with E-state index in [1.165, 1.54) is 0 Å². The summed E-state index contributed by atoms with van der Waals surface area (Å²) < 4.78 is 22.4. The second-order valence-electron chi connectivity index (χ2n) is 3.41. The van der Waals surface area contributed by atoms with Gasteiger partial charge in [0.1, 0.15) is 0 Å². The molecule has 4 heteroatoms. The smallest absolute Gasteiger partial charge is 0.225 e. The van der Waals surface area contributed by atoms with Crippen LogP contribution in [0.2, 0.25) is 0 Å². The highest BCUT2D eigenvalue weighted by Gasteiger charge is 2.12. The first-order valence-electron chi connectivity index (χ1n) is 4.57. The van der Waals surface area contributed by atoms with E-state index in [2.05, 4.69) is 0 Å². The van der Waals surface area contributed by atoms with Gasteiger partial charge in [0.15, 0.2) is 0 Å². The predicted octanol–water partition coefficient (Wildman–Crippen LogP) is 1.59. The molecule has 1 rings (SSSR count). The van der Waals surface area contributed by atoms with Crippen molar-refractivity contribution < 1.29 is 8.42 Å². The van der Waals surface area contributed by atoms with E-state index in [9.17, 15) is 8.42 Å². The molecule has 0 heterocycles. The van der Waals surface area contributed by atoms with Crippen LogP contribution in [0.1, 0.15) is 24.5 Å². The minimum absolute atomic E-state index is 0.255. The lowest BCUT2D eigenvalue weighted by Gasteiger charge is -2.07. The molecule has 2 N–H and O–H groups in total. The molecule has 14 heavy (non-hydrogen) atoms. The van der Waals surface area contributed by atoms with Gasteiger partial charge in [0.2, 0.25) is 10.0 Å². The van der Waals surface area contributed by atoms with Gasteiger partial charge in [0, 0.05) is 0 Å². The zero-order valence-electron chi connectivity index (χ0n) is 8.45. The standard InChI is InChI=1S/C10H15NO2S/c1-3-4-9-7-8(2)5-6-10(9)14(11,12)13/h5-7H,3-4H2,1-2H3,(H2,11,12,13). The molecule has 0 unspecified atom stereocenters.